The molecule has 0 atom stereocenters. The summed E-state index contributed by atoms with van der Waals surface area (Å²) in [5.74, 6) is -0.799. The van der Waals surface area contributed by atoms with E-state index in [9.17, 15) is 9.59 Å². The number of ether oxygens (including phenoxy) is 1. The van der Waals surface area contributed by atoms with Gasteiger partial charge in [0.25, 0.3) is 0 Å². The van der Waals surface area contributed by atoms with E-state index in [0.717, 1.165) is 28.9 Å². The summed E-state index contributed by atoms with van der Waals surface area (Å²) in [6, 6.07) is 15.6. The average molecular weight is 571 g/mol. The maximum atomic E-state index is 15.2. The smallest absolute Gasteiger partial charge is 0.240 e. The van der Waals surface area contributed by atoms with Crippen LogP contribution in [0, 0.1) is 23.6 Å². The van der Waals surface area contributed by atoms with Gasteiger partial charge in [-0.05, 0) is 81.3 Å². The summed E-state index contributed by atoms with van der Waals surface area (Å²) in [6.45, 7) is 5.17. The minimum Gasteiger partial charge on any atom is -0.453 e. The van der Waals surface area contributed by atoms with Gasteiger partial charge in [0.15, 0.2) is 11.6 Å². The molecule has 7 rings (SSSR count). The first-order chi connectivity index (χ1) is 19.8. The van der Waals surface area contributed by atoms with E-state index in [1.165, 1.54) is 42.8 Å². The maximum absolute atomic E-state index is 15.2. The molecule has 3 heterocycles. The molecule has 7 nitrogen and oxygen atoms in total. The number of fused-ring (bicyclic) bond motifs is 1. The van der Waals surface area contributed by atoms with Crippen molar-refractivity contribution in [3.8, 4) is 11.5 Å². The van der Waals surface area contributed by atoms with Gasteiger partial charge in [-0.15, -0.1) is 11.3 Å². The van der Waals surface area contributed by atoms with Crippen LogP contribution in [0.25, 0.3) is 10.2 Å². The zero-order chi connectivity index (χ0) is 28.2. The highest BCUT2D eigenvalue weighted by Crippen LogP contribution is 2.53. The number of likely N-dealkylation sites (tertiary alicyclic amines) is 1. The number of anilines is 2. The van der Waals surface area contributed by atoms with E-state index in [-0.39, 0.29) is 17.3 Å². The molecule has 0 bridgehead atoms. The molecule has 2 N–H and O–H groups in total. The Bertz CT molecular complexity index is 1660. The summed E-state index contributed by atoms with van der Waals surface area (Å²) < 4.78 is 22.0. The first-order valence-corrected chi connectivity index (χ1v) is 14.9. The summed E-state index contributed by atoms with van der Waals surface area (Å²) in [5, 5.41) is 5.55. The number of nitrogens with zero attached hydrogens (tertiary/aromatic N) is 2. The predicted octanol–water partition coefficient (Wildman–Crippen LogP) is 6.88. The van der Waals surface area contributed by atoms with Gasteiger partial charge in [0.2, 0.25) is 11.8 Å². The fourth-order valence-electron chi connectivity index (χ4n) is 5.69. The molecule has 1 saturated heterocycles. The van der Waals surface area contributed by atoms with E-state index in [1.54, 1.807) is 41.8 Å². The molecule has 2 aromatic carbocycles. The van der Waals surface area contributed by atoms with E-state index in [4.69, 9.17) is 4.74 Å². The van der Waals surface area contributed by atoms with Gasteiger partial charge in [0.1, 0.15) is 11.2 Å². The van der Waals surface area contributed by atoms with Crippen LogP contribution in [0.5, 0.6) is 11.5 Å². The van der Waals surface area contributed by atoms with Crippen molar-refractivity contribution in [1.82, 2.24) is 9.88 Å². The third kappa shape index (κ3) is 5.20. The quantitative estimate of drug-likeness (QED) is 0.226. The fraction of sp³-hybridized carbons (Fsp3) is 0.344. The Morgan fingerprint density at radius 2 is 1.68 bits per heavy atom. The SMILES string of the molecule is Cc1ccc(NC(=O)C2(C(=O)Nc3ccc(Oc4ccnc5cc(CN6CCC7(CC7)C6)sc45)c(F)c3)CC2)cc1. The molecule has 41 heavy (non-hydrogen) atoms. The van der Waals surface area contributed by atoms with Crippen molar-refractivity contribution >= 4 is 44.7 Å². The lowest BCUT2D eigenvalue weighted by Gasteiger charge is -2.16. The highest BCUT2D eigenvalue weighted by atomic mass is 32.1. The molecule has 1 aliphatic heterocycles. The van der Waals surface area contributed by atoms with Gasteiger partial charge in [-0.3, -0.25) is 19.5 Å². The molecule has 4 aromatic rings. The lowest BCUT2D eigenvalue weighted by Crippen LogP contribution is -2.35. The number of hydrogen-bond acceptors (Lipinski definition) is 6. The highest BCUT2D eigenvalue weighted by molar-refractivity contribution is 7.19. The Labute approximate surface area is 241 Å². The van der Waals surface area contributed by atoms with E-state index < -0.39 is 17.1 Å². The van der Waals surface area contributed by atoms with Crippen LogP contribution >= 0.6 is 11.3 Å². The lowest BCUT2D eigenvalue weighted by molar-refractivity contribution is -0.131. The van der Waals surface area contributed by atoms with Crippen molar-refractivity contribution in [2.75, 3.05) is 23.7 Å². The Morgan fingerprint density at radius 3 is 2.37 bits per heavy atom. The summed E-state index contributed by atoms with van der Waals surface area (Å²) in [7, 11) is 0. The molecular weight excluding hydrogens is 539 g/mol. The van der Waals surface area contributed by atoms with Gasteiger partial charge >= 0.3 is 0 Å². The summed E-state index contributed by atoms with van der Waals surface area (Å²) >= 11 is 1.63. The molecule has 3 fully saturated rings. The van der Waals surface area contributed by atoms with Crippen LogP contribution < -0.4 is 15.4 Å². The molecule has 210 valence electrons. The summed E-state index contributed by atoms with van der Waals surface area (Å²) in [6.07, 6.45) is 6.56. The van der Waals surface area contributed by atoms with E-state index >= 15 is 4.39 Å². The number of carbonyl (C=O) groups excluding carboxylic acids is 2. The lowest BCUT2D eigenvalue weighted by atomic mass is 10.0. The first kappa shape index (κ1) is 26.1. The molecule has 3 aliphatic rings. The Balaban J connectivity index is 1.02. The van der Waals surface area contributed by atoms with Crippen LogP contribution in [0.15, 0.2) is 60.8 Å². The standard InChI is InChI=1S/C32H31FN4O3S/c1-20-2-4-21(5-3-20)35-29(38)32(11-12-32)30(39)36-22-6-7-26(24(33)16-22)40-27-8-14-34-25-17-23(41-28(25)27)18-37-15-13-31(19-37)9-10-31/h2-8,14,16-17H,9-13,15,18-19H2,1H3,(H,35,38)(H,36,39). The number of hydrogen-bond donors (Lipinski definition) is 2. The molecule has 2 aromatic heterocycles. The number of thiophene rings is 1. The molecule has 2 saturated carbocycles. The van der Waals surface area contributed by atoms with E-state index in [0.29, 0.717) is 29.7 Å². The zero-order valence-electron chi connectivity index (χ0n) is 22.8. The van der Waals surface area contributed by atoms with E-state index in [1.807, 2.05) is 19.1 Å². The van der Waals surface area contributed by atoms with Crippen molar-refractivity contribution in [3.63, 3.8) is 0 Å². The average Bonchev–Trinajstić information content (AvgIpc) is 3.84. The number of rotatable bonds is 8. The Kier molecular flexibility index (Phi) is 6.32. The van der Waals surface area contributed by atoms with Crippen molar-refractivity contribution in [1.29, 1.82) is 0 Å². The van der Waals surface area contributed by atoms with Gasteiger partial charge in [-0.2, -0.15) is 0 Å². The van der Waals surface area contributed by atoms with Gasteiger partial charge in [0, 0.05) is 47.7 Å². The third-order valence-corrected chi connectivity index (χ3v) is 9.74. The highest BCUT2D eigenvalue weighted by Gasteiger charge is 2.56. The second kappa shape index (κ2) is 9.92. The number of nitrogens with one attached hydrogen (secondary N) is 2. The van der Waals surface area contributed by atoms with Crippen LogP contribution in [0.2, 0.25) is 0 Å². The van der Waals surface area contributed by atoms with Crippen LogP contribution in [-0.2, 0) is 16.1 Å². The van der Waals surface area contributed by atoms with Crippen LogP contribution in [0.3, 0.4) is 0 Å². The maximum Gasteiger partial charge on any atom is 0.240 e. The largest absolute Gasteiger partial charge is 0.453 e. The summed E-state index contributed by atoms with van der Waals surface area (Å²) in [4.78, 5) is 34.2. The number of halogens is 1. The Hall–Kier alpha value is -3.82. The summed E-state index contributed by atoms with van der Waals surface area (Å²) in [5.41, 5.74) is 2.26. The molecule has 1 spiro atoms. The van der Waals surface area contributed by atoms with Crippen molar-refractivity contribution in [3.05, 3.63) is 77.1 Å². The van der Waals surface area contributed by atoms with Gasteiger partial charge in [-0.25, -0.2) is 4.39 Å². The number of aromatic nitrogens is 1. The van der Waals surface area contributed by atoms with Crippen LogP contribution in [0.4, 0.5) is 15.8 Å². The minimum absolute atomic E-state index is 0.0546. The van der Waals surface area contributed by atoms with Gasteiger partial charge in [-0.1, -0.05) is 17.7 Å². The molecule has 2 amide bonds. The Morgan fingerprint density at radius 1 is 0.951 bits per heavy atom. The molecule has 0 unspecified atom stereocenters. The minimum atomic E-state index is -1.15. The number of amides is 2. The monoisotopic (exact) mass is 570 g/mol. The number of aryl methyl sites for hydroxylation is 1. The topological polar surface area (TPSA) is 83.6 Å². The first-order valence-electron chi connectivity index (χ1n) is 14.1. The molecule has 0 radical (unpaired) electrons. The normalized spacial score (nSPS) is 18.4. The van der Waals surface area contributed by atoms with E-state index in [2.05, 4.69) is 26.6 Å². The molecular formula is C32H31FN4O3S. The molecule has 2 aliphatic carbocycles. The fourth-order valence-corrected chi connectivity index (χ4v) is 6.80. The number of carbonyl (C=O) groups is 2. The van der Waals surface area contributed by atoms with Crippen molar-refractivity contribution in [2.45, 2.75) is 45.6 Å². The molecule has 9 heteroatoms. The predicted molar refractivity (Wildman–Crippen MR) is 158 cm³/mol. The van der Waals surface area contributed by atoms with Crippen LogP contribution in [0.1, 0.15) is 42.5 Å². The number of benzene rings is 2. The third-order valence-electron chi connectivity index (χ3n) is 8.62. The van der Waals surface area contributed by atoms with Gasteiger partial charge < -0.3 is 15.4 Å². The van der Waals surface area contributed by atoms with Gasteiger partial charge in [0.05, 0.1) is 10.2 Å². The second-order valence-electron chi connectivity index (χ2n) is 11.8. The zero-order valence-corrected chi connectivity index (χ0v) is 23.7. The second-order valence-corrected chi connectivity index (χ2v) is 12.9. The van der Waals surface area contributed by atoms with Crippen molar-refractivity contribution < 1.29 is 18.7 Å². The van der Waals surface area contributed by atoms with Crippen LogP contribution in [-0.4, -0.2) is 34.8 Å². The van der Waals surface area contributed by atoms with Crippen molar-refractivity contribution in [2.24, 2.45) is 10.8 Å². The number of pyridine rings is 1.